The van der Waals surface area contributed by atoms with Crippen molar-refractivity contribution in [3.63, 3.8) is 0 Å². The van der Waals surface area contributed by atoms with E-state index in [1.165, 1.54) is 5.56 Å². The zero-order chi connectivity index (χ0) is 20.8. The third kappa shape index (κ3) is 5.26. The molecule has 0 aliphatic carbocycles. The van der Waals surface area contributed by atoms with Crippen LogP contribution in [0.15, 0.2) is 72.8 Å². The second-order valence-electron chi connectivity index (χ2n) is 7.55. The maximum absolute atomic E-state index is 13.2. The lowest BCUT2D eigenvalue weighted by Gasteiger charge is -2.24. The molecule has 0 aromatic heterocycles. The van der Waals surface area contributed by atoms with Crippen LogP contribution in [0.5, 0.6) is 5.75 Å². The molecule has 0 bridgehead atoms. The third-order valence-corrected chi connectivity index (χ3v) is 5.11. The summed E-state index contributed by atoms with van der Waals surface area (Å²) < 4.78 is 6.12. The van der Waals surface area contributed by atoms with Gasteiger partial charge in [0.15, 0.2) is 6.10 Å². The van der Waals surface area contributed by atoms with Gasteiger partial charge < -0.3 is 10.1 Å². The topological polar surface area (TPSA) is 38.3 Å². The second kappa shape index (κ2) is 9.42. The van der Waals surface area contributed by atoms with Crippen LogP contribution in [0, 0.1) is 20.8 Å². The number of carbonyl (C=O) groups is 1. The van der Waals surface area contributed by atoms with Crippen LogP contribution < -0.4 is 10.1 Å². The lowest BCUT2D eigenvalue weighted by Crippen LogP contribution is -2.40. The van der Waals surface area contributed by atoms with Gasteiger partial charge in [-0.3, -0.25) is 4.79 Å². The molecule has 2 atom stereocenters. The standard InChI is InChI=1S/C26H29NO2/c1-5-23(29-24-17-19(3)11-14-20(24)4)26(28)27-25(21-9-7-6-8-10-21)22-15-12-18(2)13-16-22/h6-17,23,25H,5H2,1-4H3,(H,27,28)/t23-,25-/m0/s1. The fourth-order valence-corrected chi connectivity index (χ4v) is 3.31. The van der Waals surface area contributed by atoms with E-state index < -0.39 is 6.10 Å². The first-order chi connectivity index (χ1) is 14.0. The molecule has 3 rings (SSSR count). The fourth-order valence-electron chi connectivity index (χ4n) is 3.31. The van der Waals surface area contributed by atoms with Crippen LogP contribution in [0.4, 0.5) is 0 Å². The summed E-state index contributed by atoms with van der Waals surface area (Å²) in [6.07, 6.45) is 0.0430. The van der Waals surface area contributed by atoms with Crippen molar-refractivity contribution in [3.05, 3.63) is 101 Å². The lowest BCUT2D eigenvalue weighted by atomic mass is 9.97. The number of amides is 1. The summed E-state index contributed by atoms with van der Waals surface area (Å²) in [5.41, 5.74) is 5.43. The van der Waals surface area contributed by atoms with Crippen LogP contribution in [0.3, 0.4) is 0 Å². The monoisotopic (exact) mass is 387 g/mol. The van der Waals surface area contributed by atoms with E-state index in [0.29, 0.717) is 6.42 Å². The SMILES string of the molecule is CC[C@H](Oc1cc(C)ccc1C)C(=O)N[C@@H](c1ccccc1)c1ccc(C)cc1. The summed E-state index contributed by atoms with van der Waals surface area (Å²) >= 11 is 0. The number of hydrogen-bond acceptors (Lipinski definition) is 2. The first-order valence-corrected chi connectivity index (χ1v) is 10.1. The Labute approximate surface area is 173 Å². The van der Waals surface area contributed by atoms with E-state index in [-0.39, 0.29) is 11.9 Å². The van der Waals surface area contributed by atoms with Crippen LogP contribution in [0.2, 0.25) is 0 Å². The van der Waals surface area contributed by atoms with Gasteiger partial charge in [-0.05, 0) is 55.5 Å². The normalized spacial score (nSPS) is 12.8. The van der Waals surface area contributed by atoms with Gasteiger partial charge >= 0.3 is 0 Å². The zero-order valence-electron chi connectivity index (χ0n) is 17.6. The van der Waals surface area contributed by atoms with Crippen LogP contribution in [-0.2, 0) is 4.79 Å². The molecule has 3 nitrogen and oxygen atoms in total. The van der Waals surface area contributed by atoms with Crippen molar-refractivity contribution in [2.45, 2.75) is 46.3 Å². The Balaban J connectivity index is 1.84. The van der Waals surface area contributed by atoms with Crippen LogP contribution in [-0.4, -0.2) is 12.0 Å². The molecule has 150 valence electrons. The molecule has 0 saturated carbocycles. The molecule has 0 unspecified atom stereocenters. The Hall–Kier alpha value is -3.07. The van der Waals surface area contributed by atoms with Crippen LogP contribution in [0.25, 0.3) is 0 Å². The highest BCUT2D eigenvalue weighted by molar-refractivity contribution is 5.82. The van der Waals surface area contributed by atoms with Crippen molar-refractivity contribution in [2.75, 3.05) is 0 Å². The van der Waals surface area contributed by atoms with Gasteiger partial charge in [-0.15, -0.1) is 0 Å². The summed E-state index contributed by atoms with van der Waals surface area (Å²) in [6, 6.07) is 24.2. The average Bonchev–Trinajstić information content (AvgIpc) is 2.74. The molecule has 0 aliphatic heterocycles. The average molecular weight is 388 g/mol. The molecule has 0 heterocycles. The van der Waals surface area contributed by atoms with E-state index in [4.69, 9.17) is 4.74 Å². The lowest BCUT2D eigenvalue weighted by molar-refractivity contribution is -0.128. The Bertz CT molecular complexity index is 948. The van der Waals surface area contributed by atoms with Gasteiger partial charge in [-0.2, -0.15) is 0 Å². The second-order valence-corrected chi connectivity index (χ2v) is 7.55. The third-order valence-electron chi connectivity index (χ3n) is 5.11. The number of rotatable bonds is 7. The molecule has 0 radical (unpaired) electrons. The van der Waals surface area contributed by atoms with Crippen LogP contribution in [0.1, 0.15) is 47.2 Å². The van der Waals surface area contributed by atoms with Gasteiger partial charge in [-0.25, -0.2) is 0 Å². The van der Waals surface area contributed by atoms with E-state index in [1.54, 1.807) is 0 Å². The van der Waals surface area contributed by atoms with Gasteiger partial charge in [0.25, 0.3) is 5.91 Å². The molecule has 3 aromatic rings. The van der Waals surface area contributed by atoms with E-state index >= 15 is 0 Å². The summed E-state index contributed by atoms with van der Waals surface area (Å²) in [6.45, 7) is 8.05. The van der Waals surface area contributed by atoms with E-state index in [1.807, 2.05) is 69.3 Å². The highest BCUT2D eigenvalue weighted by Crippen LogP contribution is 2.25. The highest BCUT2D eigenvalue weighted by atomic mass is 16.5. The number of carbonyl (C=O) groups excluding carboxylic acids is 1. The van der Waals surface area contributed by atoms with Gasteiger partial charge in [-0.1, -0.05) is 79.2 Å². The number of ether oxygens (including phenoxy) is 1. The molecule has 29 heavy (non-hydrogen) atoms. The minimum atomic E-state index is -0.549. The van der Waals surface area contributed by atoms with Gasteiger partial charge in [0.1, 0.15) is 5.75 Å². The van der Waals surface area contributed by atoms with Crippen LogP contribution >= 0.6 is 0 Å². The van der Waals surface area contributed by atoms with Crippen molar-refractivity contribution in [1.82, 2.24) is 5.32 Å². The molecule has 0 spiro atoms. The Morgan fingerprint density at radius 1 is 0.862 bits per heavy atom. The Kier molecular flexibility index (Phi) is 6.71. The molecule has 0 aliphatic rings. The van der Waals surface area contributed by atoms with Crippen molar-refractivity contribution in [2.24, 2.45) is 0 Å². The Morgan fingerprint density at radius 2 is 1.48 bits per heavy atom. The first kappa shape index (κ1) is 20.7. The van der Waals surface area contributed by atoms with E-state index in [9.17, 15) is 4.79 Å². The minimum Gasteiger partial charge on any atom is -0.480 e. The van der Waals surface area contributed by atoms with Crippen molar-refractivity contribution < 1.29 is 9.53 Å². The van der Waals surface area contributed by atoms with Gasteiger partial charge in [0.05, 0.1) is 6.04 Å². The largest absolute Gasteiger partial charge is 0.480 e. The molecule has 3 heteroatoms. The quantitative estimate of drug-likeness (QED) is 0.567. The zero-order valence-corrected chi connectivity index (χ0v) is 17.6. The smallest absolute Gasteiger partial charge is 0.261 e. The predicted octanol–water partition coefficient (Wildman–Crippen LogP) is 5.68. The molecule has 3 aromatic carbocycles. The number of aryl methyl sites for hydroxylation is 3. The number of nitrogens with one attached hydrogen (secondary N) is 1. The number of hydrogen-bond donors (Lipinski definition) is 1. The molecular weight excluding hydrogens is 358 g/mol. The summed E-state index contributed by atoms with van der Waals surface area (Å²) in [7, 11) is 0. The highest BCUT2D eigenvalue weighted by Gasteiger charge is 2.24. The molecule has 0 saturated heterocycles. The molecule has 1 N–H and O–H groups in total. The van der Waals surface area contributed by atoms with E-state index in [0.717, 1.165) is 28.0 Å². The minimum absolute atomic E-state index is 0.108. The fraction of sp³-hybridized carbons (Fsp3) is 0.269. The van der Waals surface area contributed by atoms with Gasteiger partial charge in [0.2, 0.25) is 0 Å². The molecule has 0 fully saturated rings. The van der Waals surface area contributed by atoms with Crippen molar-refractivity contribution >= 4 is 5.91 Å². The summed E-state index contributed by atoms with van der Waals surface area (Å²) in [4.78, 5) is 13.2. The summed E-state index contributed by atoms with van der Waals surface area (Å²) in [5, 5.41) is 3.21. The Morgan fingerprint density at radius 3 is 2.14 bits per heavy atom. The maximum atomic E-state index is 13.2. The van der Waals surface area contributed by atoms with Crippen molar-refractivity contribution in [1.29, 1.82) is 0 Å². The summed E-state index contributed by atoms with van der Waals surface area (Å²) in [5.74, 6) is 0.654. The molecular formula is C26H29NO2. The van der Waals surface area contributed by atoms with Crippen molar-refractivity contribution in [3.8, 4) is 5.75 Å². The van der Waals surface area contributed by atoms with Gasteiger partial charge in [0, 0.05) is 0 Å². The maximum Gasteiger partial charge on any atom is 0.261 e. The predicted molar refractivity (Wildman–Crippen MR) is 118 cm³/mol. The molecule has 1 amide bonds. The first-order valence-electron chi connectivity index (χ1n) is 10.1. The van der Waals surface area contributed by atoms with E-state index in [2.05, 4.69) is 36.5 Å². The number of benzene rings is 3.